The van der Waals surface area contributed by atoms with Crippen LogP contribution in [0.25, 0.3) is 0 Å². The van der Waals surface area contributed by atoms with Crippen LogP contribution in [0.3, 0.4) is 0 Å². The topological polar surface area (TPSA) is 96.6 Å². The molecule has 24 heavy (non-hydrogen) atoms. The Morgan fingerprint density at radius 3 is 2.50 bits per heavy atom. The van der Waals surface area contributed by atoms with Crippen LogP contribution in [0.5, 0.6) is 0 Å². The normalized spacial score (nSPS) is 15.2. The number of nitrogens with one attached hydrogen (secondary N) is 2. The predicted molar refractivity (Wildman–Crippen MR) is 97.3 cm³/mol. The van der Waals surface area contributed by atoms with Crippen molar-refractivity contribution in [3.8, 4) is 0 Å². The number of guanidine groups is 1. The minimum atomic E-state index is -2.95. The summed E-state index contributed by atoms with van der Waals surface area (Å²) in [6, 6.07) is 0.0203. The van der Waals surface area contributed by atoms with Crippen LogP contribution < -0.4 is 10.6 Å². The maximum absolute atomic E-state index is 11.3. The Morgan fingerprint density at radius 2 is 2.00 bits per heavy atom. The quantitative estimate of drug-likeness (QED) is 0.543. The van der Waals surface area contributed by atoms with Crippen LogP contribution in [0.2, 0.25) is 0 Å². The molecule has 0 saturated heterocycles. The Balaban J connectivity index is 2.68. The lowest BCUT2D eigenvalue weighted by atomic mass is 10.00. The summed E-state index contributed by atoms with van der Waals surface area (Å²) in [4.78, 5) is 4.61. The fourth-order valence-electron chi connectivity index (χ4n) is 2.53. The second-order valence-corrected chi connectivity index (χ2v) is 8.58. The van der Waals surface area contributed by atoms with Crippen LogP contribution in [0.15, 0.2) is 9.52 Å². The number of aryl methyl sites for hydroxylation is 2. The lowest BCUT2D eigenvalue weighted by Crippen LogP contribution is -2.43. The van der Waals surface area contributed by atoms with Crippen molar-refractivity contribution in [3.05, 3.63) is 17.0 Å². The van der Waals surface area contributed by atoms with E-state index in [1.807, 2.05) is 27.7 Å². The summed E-state index contributed by atoms with van der Waals surface area (Å²) in [5, 5.41) is 10.4. The highest BCUT2D eigenvalue weighted by molar-refractivity contribution is 7.90. The van der Waals surface area contributed by atoms with E-state index in [-0.39, 0.29) is 17.7 Å². The Kier molecular flexibility index (Phi) is 7.72. The van der Waals surface area contributed by atoms with Crippen LogP contribution in [-0.2, 0) is 9.84 Å². The second-order valence-electron chi connectivity index (χ2n) is 6.32. The van der Waals surface area contributed by atoms with Gasteiger partial charge in [-0.15, -0.1) is 0 Å². The van der Waals surface area contributed by atoms with Gasteiger partial charge >= 0.3 is 0 Å². The van der Waals surface area contributed by atoms with Crippen molar-refractivity contribution in [1.82, 2.24) is 15.8 Å². The number of aliphatic imine (C=N–C) groups is 1. The van der Waals surface area contributed by atoms with E-state index < -0.39 is 9.84 Å². The smallest absolute Gasteiger partial charge is 0.191 e. The summed E-state index contributed by atoms with van der Waals surface area (Å²) in [5.41, 5.74) is 1.99. The molecule has 0 aliphatic heterocycles. The van der Waals surface area contributed by atoms with Gasteiger partial charge in [0.05, 0.1) is 11.4 Å². The number of sulfone groups is 1. The molecule has 1 rings (SSSR count). The molecule has 0 amide bonds. The first-order valence-corrected chi connectivity index (χ1v) is 10.4. The standard InChI is InChI=1S/C16H30N4O3S/c1-7-17-16(19-12(3)8-9-24(6,21)22)18-10-11(2)15-13(4)20-23-14(15)5/h11-12H,7-10H2,1-6H3,(H2,17,18,19). The predicted octanol–water partition coefficient (Wildman–Crippen LogP) is 1.77. The molecule has 0 bridgehead atoms. The third-order valence-corrected chi connectivity index (χ3v) is 4.73. The van der Waals surface area contributed by atoms with E-state index in [9.17, 15) is 8.42 Å². The lowest BCUT2D eigenvalue weighted by Gasteiger charge is -2.18. The maximum atomic E-state index is 11.3. The number of rotatable bonds is 8. The highest BCUT2D eigenvalue weighted by atomic mass is 32.2. The van der Waals surface area contributed by atoms with Crippen LogP contribution in [0, 0.1) is 13.8 Å². The van der Waals surface area contributed by atoms with Gasteiger partial charge in [-0.3, -0.25) is 4.99 Å². The van der Waals surface area contributed by atoms with E-state index in [0.29, 0.717) is 18.9 Å². The van der Waals surface area contributed by atoms with Crippen LogP contribution in [0.1, 0.15) is 50.1 Å². The van der Waals surface area contributed by atoms with Crippen LogP contribution in [-0.4, -0.2) is 50.7 Å². The van der Waals surface area contributed by atoms with Gasteiger partial charge in [0.2, 0.25) is 0 Å². The molecule has 7 nitrogen and oxygen atoms in total. The molecule has 0 aliphatic carbocycles. The third-order valence-electron chi connectivity index (χ3n) is 3.75. The second kappa shape index (κ2) is 9.05. The van der Waals surface area contributed by atoms with E-state index in [2.05, 4.69) is 27.7 Å². The molecule has 2 N–H and O–H groups in total. The van der Waals surface area contributed by atoms with E-state index in [1.54, 1.807) is 0 Å². The first-order chi connectivity index (χ1) is 11.1. The SMILES string of the molecule is CCNC(=NCC(C)c1c(C)noc1C)NC(C)CCS(C)(=O)=O. The molecule has 0 aromatic carbocycles. The third kappa shape index (κ3) is 6.90. The Bertz CT molecular complexity index is 633. The van der Waals surface area contributed by atoms with Crippen LogP contribution in [0.4, 0.5) is 0 Å². The summed E-state index contributed by atoms with van der Waals surface area (Å²) in [6.45, 7) is 11.2. The molecule has 8 heteroatoms. The molecule has 0 aliphatic rings. The van der Waals surface area contributed by atoms with Gasteiger partial charge in [-0.1, -0.05) is 12.1 Å². The molecular weight excluding hydrogens is 328 g/mol. The molecule has 1 heterocycles. The monoisotopic (exact) mass is 358 g/mol. The fraction of sp³-hybridized carbons (Fsp3) is 0.750. The summed E-state index contributed by atoms with van der Waals surface area (Å²) < 4.78 is 27.8. The van der Waals surface area contributed by atoms with Gasteiger partial charge in [-0.2, -0.15) is 0 Å². The summed E-state index contributed by atoms with van der Waals surface area (Å²) in [5.74, 6) is 1.88. The van der Waals surface area contributed by atoms with Gasteiger partial charge in [-0.25, -0.2) is 8.42 Å². The van der Waals surface area contributed by atoms with Crippen molar-refractivity contribution < 1.29 is 12.9 Å². The molecule has 0 fully saturated rings. The van der Waals surface area contributed by atoms with Crippen molar-refractivity contribution in [2.24, 2.45) is 4.99 Å². The molecule has 0 spiro atoms. The lowest BCUT2D eigenvalue weighted by molar-refractivity contribution is 0.391. The number of hydrogen-bond acceptors (Lipinski definition) is 5. The molecule has 1 aromatic heterocycles. The first kappa shape index (κ1) is 20.5. The average molecular weight is 359 g/mol. The molecule has 1 aromatic rings. The average Bonchev–Trinajstić information content (AvgIpc) is 2.81. The van der Waals surface area contributed by atoms with Gasteiger partial charge in [-0.05, 0) is 34.1 Å². The van der Waals surface area contributed by atoms with Gasteiger partial charge in [0.1, 0.15) is 15.6 Å². The molecule has 0 radical (unpaired) electrons. The Morgan fingerprint density at radius 1 is 1.33 bits per heavy atom. The molecule has 0 saturated carbocycles. The van der Waals surface area contributed by atoms with Gasteiger partial charge < -0.3 is 15.2 Å². The summed E-state index contributed by atoms with van der Waals surface area (Å²) in [7, 11) is -2.95. The van der Waals surface area contributed by atoms with E-state index in [4.69, 9.17) is 4.52 Å². The zero-order chi connectivity index (χ0) is 18.3. The summed E-state index contributed by atoms with van der Waals surface area (Å²) >= 11 is 0. The minimum Gasteiger partial charge on any atom is -0.361 e. The number of aromatic nitrogens is 1. The van der Waals surface area contributed by atoms with Crippen molar-refractivity contribution in [3.63, 3.8) is 0 Å². The molecule has 138 valence electrons. The zero-order valence-corrected chi connectivity index (χ0v) is 16.3. The van der Waals surface area contributed by atoms with Crippen molar-refractivity contribution in [2.45, 2.75) is 53.0 Å². The zero-order valence-electron chi connectivity index (χ0n) is 15.5. The molecule has 2 atom stereocenters. The highest BCUT2D eigenvalue weighted by Gasteiger charge is 2.16. The highest BCUT2D eigenvalue weighted by Crippen LogP contribution is 2.23. The summed E-state index contributed by atoms with van der Waals surface area (Å²) in [6.07, 6.45) is 1.80. The van der Waals surface area contributed by atoms with E-state index >= 15 is 0 Å². The maximum Gasteiger partial charge on any atom is 0.191 e. The van der Waals surface area contributed by atoms with E-state index in [0.717, 1.165) is 23.6 Å². The Hall–Kier alpha value is -1.57. The van der Waals surface area contributed by atoms with Crippen molar-refractivity contribution in [1.29, 1.82) is 0 Å². The van der Waals surface area contributed by atoms with Gasteiger partial charge in [0.25, 0.3) is 0 Å². The number of nitrogens with zero attached hydrogens (tertiary/aromatic N) is 2. The molecular formula is C16H30N4O3S. The Labute approximate surface area is 145 Å². The molecule has 2 unspecified atom stereocenters. The first-order valence-electron chi connectivity index (χ1n) is 8.29. The van der Waals surface area contributed by atoms with Crippen molar-refractivity contribution >= 4 is 15.8 Å². The minimum absolute atomic E-state index is 0.0203. The number of hydrogen-bond donors (Lipinski definition) is 2. The van der Waals surface area contributed by atoms with Gasteiger partial charge in [0.15, 0.2) is 5.96 Å². The fourth-order valence-corrected chi connectivity index (χ4v) is 3.31. The van der Waals surface area contributed by atoms with E-state index in [1.165, 1.54) is 6.26 Å². The van der Waals surface area contributed by atoms with Crippen LogP contribution >= 0.6 is 0 Å². The van der Waals surface area contributed by atoms with Gasteiger partial charge in [0, 0.05) is 36.9 Å². The van der Waals surface area contributed by atoms with Crippen molar-refractivity contribution in [2.75, 3.05) is 25.1 Å². The largest absolute Gasteiger partial charge is 0.361 e.